The van der Waals surface area contributed by atoms with Crippen molar-refractivity contribution in [3.8, 4) is 5.75 Å². The molecule has 0 bridgehead atoms. The molecule has 220 valence electrons. The minimum Gasteiger partial charge on any atom is -0.507 e. The van der Waals surface area contributed by atoms with Crippen LogP contribution in [0.4, 0.5) is 10.1 Å². The topological polar surface area (TPSA) is 95.0 Å². The first-order chi connectivity index (χ1) is 20.5. The van der Waals surface area contributed by atoms with E-state index in [0.29, 0.717) is 17.5 Å². The summed E-state index contributed by atoms with van der Waals surface area (Å²) >= 11 is 7.53. The quantitative estimate of drug-likeness (QED) is 0.287. The number of hydrogen-bond donors (Lipinski definition) is 1. The van der Waals surface area contributed by atoms with E-state index >= 15 is 0 Å². The van der Waals surface area contributed by atoms with Crippen LogP contribution in [0.5, 0.6) is 5.75 Å². The number of rotatable bonds is 4. The number of hydrogen-bond acceptors (Lipinski definition) is 6. The summed E-state index contributed by atoms with van der Waals surface area (Å²) in [6, 6.07) is 12.8. The SMILES string of the molecule is Cc1cccc(C2C3=CCC4C(=O)N(Cc5cccs5)C(=O)C4C3CC3C(=O)N(c4ccc(F)c(Cl)c4)C(=O)C32C)c1O. The Bertz CT molecular complexity index is 1760. The predicted molar refractivity (Wildman–Crippen MR) is 159 cm³/mol. The summed E-state index contributed by atoms with van der Waals surface area (Å²) in [6.07, 6.45) is 2.47. The van der Waals surface area contributed by atoms with Crippen LogP contribution in [0.25, 0.3) is 0 Å². The number of halogens is 2. The van der Waals surface area contributed by atoms with Gasteiger partial charge in [-0.1, -0.05) is 47.5 Å². The number of phenols is 1. The highest BCUT2D eigenvalue weighted by Crippen LogP contribution is 2.64. The zero-order chi connectivity index (χ0) is 30.4. The highest BCUT2D eigenvalue weighted by Gasteiger charge is 2.67. The maximum atomic E-state index is 14.4. The third-order valence-electron chi connectivity index (χ3n) is 10.0. The van der Waals surface area contributed by atoms with Crippen molar-refractivity contribution in [1.82, 2.24) is 4.90 Å². The number of allylic oxidation sites excluding steroid dienone is 2. The van der Waals surface area contributed by atoms with E-state index in [1.807, 2.05) is 23.6 Å². The third kappa shape index (κ3) is 3.90. The molecule has 2 saturated heterocycles. The monoisotopic (exact) mass is 618 g/mol. The number of aromatic hydroxyl groups is 1. The number of likely N-dealkylation sites (tertiary alicyclic amines) is 1. The summed E-state index contributed by atoms with van der Waals surface area (Å²) in [7, 11) is 0. The van der Waals surface area contributed by atoms with Gasteiger partial charge in [-0.25, -0.2) is 9.29 Å². The smallest absolute Gasteiger partial charge is 0.241 e. The van der Waals surface area contributed by atoms with Crippen molar-refractivity contribution in [1.29, 1.82) is 0 Å². The Morgan fingerprint density at radius 2 is 1.84 bits per heavy atom. The van der Waals surface area contributed by atoms with Gasteiger partial charge in [0.15, 0.2) is 0 Å². The summed E-state index contributed by atoms with van der Waals surface area (Å²) in [5.41, 5.74) is 0.741. The van der Waals surface area contributed by atoms with E-state index in [4.69, 9.17) is 11.6 Å². The van der Waals surface area contributed by atoms with Gasteiger partial charge in [0.25, 0.3) is 0 Å². The highest BCUT2D eigenvalue weighted by atomic mass is 35.5. The zero-order valence-electron chi connectivity index (χ0n) is 23.4. The molecule has 3 aromatic rings. The van der Waals surface area contributed by atoms with Crippen molar-refractivity contribution < 1.29 is 28.7 Å². The van der Waals surface area contributed by atoms with Gasteiger partial charge in [-0.2, -0.15) is 0 Å². The molecule has 2 aliphatic heterocycles. The molecule has 43 heavy (non-hydrogen) atoms. The number of phenolic OH excluding ortho intramolecular Hbond substituents is 1. The van der Waals surface area contributed by atoms with Gasteiger partial charge in [0.1, 0.15) is 11.6 Å². The van der Waals surface area contributed by atoms with Gasteiger partial charge in [0.05, 0.1) is 40.4 Å². The minimum absolute atomic E-state index is 0.0211. The predicted octanol–water partition coefficient (Wildman–Crippen LogP) is 5.99. The Kier molecular flexibility index (Phi) is 6.41. The number of carbonyl (C=O) groups excluding carboxylic acids is 4. The van der Waals surface area contributed by atoms with E-state index in [0.717, 1.165) is 21.4 Å². The fourth-order valence-electron chi connectivity index (χ4n) is 7.92. The Morgan fingerprint density at radius 1 is 1.05 bits per heavy atom. The maximum Gasteiger partial charge on any atom is 0.241 e. The first-order valence-corrected chi connectivity index (χ1v) is 15.5. The molecule has 2 aromatic carbocycles. The number of amides is 4. The van der Waals surface area contributed by atoms with E-state index in [1.54, 1.807) is 32.0 Å². The van der Waals surface area contributed by atoms with Gasteiger partial charge in [-0.15, -0.1) is 11.3 Å². The lowest BCUT2D eigenvalue weighted by Crippen LogP contribution is -2.48. The van der Waals surface area contributed by atoms with Gasteiger partial charge in [0.2, 0.25) is 23.6 Å². The molecule has 3 fully saturated rings. The molecule has 1 saturated carbocycles. The lowest BCUT2D eigenvalue weighted by Gasteiger charge is -2.49. The Morgan fingerprint density at radius 3 is 2.56 bits per heavy atom. The molecule has 4 aliphatic rings. The molecule has 7 nitrogen and oxygen atoms in total. The molecule has 0 spiro atoms. The van der Waals surface area contributed by atoms with Gasteiger partial charge in [0, 0.05) is 16.4 Å². The van der Waals surface area contributed by atoms with Gasteiger partial charge >= 0.3 is 0 Å². The average molecular weight is 619 g/mol. The molecule has 0 radical (unpaired) electrons. The maximum absolute atomic E-state index is 14.4. The fourth-order valence-corrected chi connectivity index (χ4v) is 8.79. The van der Waals surface area contributed by atoms with Crippen LogP contribution in [0, 0.1) is 41.8 Å². The van der Waals surface area contributed by atoms with E-state index in [2.05, 4.69) is 0 Å². The average Bonchev–Trinajstić information content (AvgIpc) is 3.63. The Labute approximate surface area is 256 Å². The number of aryl methyl sites for hydroxylation is 1. The number of thiophene rings is 1. The first kappa shape index (κ1) is 28.0. The standard InChI is InChI=1S/C33H28ClFN2O5S/c1-16-5-3-7-21(28(16)38)27-19-9-10-20-26(31(41)36(29(20)39)15-18-6-4-12-43-18)22(19)14-23-30(40)37(32(42)33(23,27)2)17-8-11-25(35)24(34)13-17/h3-9,11-13,20,22-23,26-27,38H,10,14-15H2,1-2H3. The van der Waals surface area contributed by atoms with Gasteiger partial charge < -0.3 is 5.11 Å². The molecule has 6 atom stereocenters. The number of benzene rings is 2. The van der Waals surface area contributed by atoms with E-state index in [-0.39, 0.29) is 41.2 Å². The van der Waals surface area contributed by atoms with Crippen LogP contribution in [-0.2, 0) is 25.7 Å². The molecule has 1 aromatic heterocycles. The second kappa shape index (κ2) is 9.86. The van der Waals surface area contributed by atoms with Crippen molar-refractivity contribution >= 4 is 52.3 Å². The largest absolute Gasteiger partial charge is 0.507 e. The van der Waals surface area contributed by atoms with Crippen LogP contribution in [0.1, 0.15) is 41.7 Å². The second-order valence-corrected chi connectivity index (χ2v) is 13.6. The van der Waals surface area contributed by atoms with E-state index < -0.39 is 52.6 Å². The highest BCUT2D eigenvalue weighted by molar-refractivity contribution is 7.09. The van der Waals surface area contributed by atoms with Crippen molar-refractivity contribution in [3.63, 3.8) is 0 Å². The van der Waals surface area contributed by atoms with Crippen LogP contribution < -0.4 is 4.90 Å². The normalized spacial score (nSPS) is 30.0. The minimum atomic E-state index is -1.32. The number of para-hydroxylation sites is 1. The molecule has 3 heterocycles. The van der Waals surface area contributed by atoms with Gasteiger partial charge in [-0.05, 0) is 67.8 Å². The number of carbonyl (C=O) groups is 4. The van der Waals surface area contributed by atoms with Crippen LogP contribution in [-0.4, -0.2) is 33.6 Å². The molecule has 10 heteroatoms. The van der Waals surface area contributed by atoms with Crippen molar-refractivity contribution in [2.75, 3.05) is 4.90 Å². The Hall–Kier alpha value is -3.82. The second-order valence-electron chi connectivity index (χ2n) is 12.1. The first-order valence-electron chi connectivity index (χ1n) is 14.2. The third-order valence-corrected chi connectivity index (χ3v) is 11.2. The zero-order valence-corrected chi connectivity index (χ0v) is 25.0. The van der Waals surface area contributed by atoms with E-state index in [9.17, 15) is 28.7 Å². The lowest BCUT2D eigenvalue weighted by atomic mass is 9.51. The molecule has 2 aliphatic carbocycles. The fraction of sp³-hybridized carbons (Fsp3) is 0.333. The summed E-state index contributed by atoms with van der Waals surface area (Å²) in [6.45, 7) is 3.70. The van der Waals surface area contributed by atoms with Crippen molar-refractivity contribution in [2.45, 2.75) is 39.2 Å². The van der Waals surface area contributed by atoms with Crippen LogP contribution in [0.3, 0.4) is 0 Å². The summed E-state index contributed by atoms with van der Waals surface area (Å²) < 4.78 is 14.0. The molecule has 4 amide bonds. The van der Waals surface area contributed by atoms with Crippen molar-refractivity contribution in [2.24, 2.45) is 29.1 Å². The summed E-state index contributed by atoms with van der Waals surface area (Å²) in [5.74, 6) is -5.41. The summed E-state index contributed by atoms with van der Waals surface area (Å²) in [4.78, 5) is 59.5. The van der Waals surface area contributed by atoms with E-state index in [1.165, 1.54) is 28.4 Å². The molecule has 6 unspecified atom stereocenters. The summed E-state index contributed by atoms with van der Waals surface area (Å²) in [5, 5.41) is 13.0. The molecular formula is C33H28ClFN2O5S. The number of fused-ring (bicyclic) bond motifs is 4. The molecule has 1 N–H and O–H groups in total. The van der Waals surface area contributed by atoms with Crippen LogP contribution >= 0.6 is 22.9 Å². The lowest BCUT2D eigenvalue weighted by molar-refractivity contribution is -0.141. The Balaban J connectivity index is 1.36. The number of nitrogens with zero attached hydrogens (tertiary/aromatic N) is 2. The van der Waals surface area contributed by atoms with Crippen LogP contribution in [0.2, 0.25) is 5.02 Å². The number of anilines is 1. The molecule has 7 rings (SSSR count). The van der Waals surface area contributed by atoms with Gasteiger partial charge in [-0.3, -0.25) is 24.1 Å². The molecular weight excluding hydrogens is 591 g/mol. The number of imide groups is 2. The van der Waals surface area contributed by atoms with Crippen LogP contribution in [0.15, 0.2) is 65.6 Å². The van der Waals surface area contributed by atoms with Crippen molar-refractivity contribution in [3.05, 3.63) is 92.4 Å².